The molecule has 1 fully saturated rings. The standard InChI is InChI=1S/C20H20IN3O2S/c1-2-26-14-7-8-17-18(13-14)27-20(22-17)24-11-9-23(10-12-24)19(25)15-5-3-4-6-16(15)21/h3-8,13H,2,9-12H2,1H3. The zero-order chi connectivity index (χ0) is 18.8. The number of piperazine rings is 1. The van der Waals surface area contributed by atoms with Crippen LogP contribution in [0.4, 0.5) is 5.13 Å². The van der Waals surface area contributed by atoms with Gasteiger partial charge in [-0.3, -0.25) is 4.79 Å². The fraction of sp³-hybridized carbons (Fsp3) is 0.300. The molecule has 0 unspecified atom stereocenters. The molecule has 0 bridgehead atoms. The number of halogens is 1. The highest BCUT2D eigenvalue weighted by Gasteiger charge is 2.24. The third-order valence-electron chi connectivity index (χ3n) is 4.60. The Morgan fingerprint density at radius 3 is 2.70 bits per heavy atom. The molecule has 4 rings (SSSR count). The maximum absolute atomic E-state index is 12.8. The highest BCUT2D eigenvalue weighted by Crippen LogP contribution is 2.32. The van der Waals surface area contributed by atoms with Crippen LogP contribution in [0, 0.1) is 3.57 Å². The van der Waals surface area contributed by atoms with Crippen LogP contribution in [-0.4, -0.2) is 48.6 Å². The molecule has 0 atom stereocenters. The van der Waals surface area contributed by atoms with Crippen molar-refractivity contribution >= 4 is 55.2 Å². The Morgan fingerprint density at radius 2 is 1.96 bits per heavy atom. The van der Waals surface area contributed by atoms with E-state index < -0.39 is 0 Å². The van der Waals surface area contributed by atoms with Gasteiger partial charge in [-0.15, -0.1) is 0 Å². The largest absolute Gasteiger partial charge is 0.494 e. The first kappa shape index (κ1) is 18.5. The summed E-state index contributed by atoms with van der Waals surface area (Å²) in [7, 11) is 0. The lowest BCUT2D eigenvalue weighted by Crippen LogP contribution is -2.48. The summed E-state index contributed by atoms with van der Waals surface area (Å²) >= 11 is 3.91. The molecule has 0 radical (unpaired) electrons. The summed E-state index contributed by atoms with van der Waals surface area (Å²) in [5.74, 6) is 0.999. The van der Waals surface area contributed by atoms with Crippen molar-refractivity contribution in [2.45, 2.75) is 6.92 Å². The second-order valence-electron chi connectivity index (χ2n) is 6.32. The molecule has 1 saturated heterocycles. The van der Waals surface area contributed by atoms with E-state index in [1.165, 1.54) is 0 Å². The van der Waals surface area contributed by atoms with Crippen molar-refractivity contribution in [2.75, 3.05) is 37.7 Å². The number of hydrogen-bond donors (Lipinski definition) is 0. The number of hydrogen-bond acceptors (Lipinski definition) is 5. The van der Waals surface area contributed by atoms with Crippen LogP contribution < -0.4 is 9.64 Å². The first-order chi connectivity index (χ1) is 13.2. The molecule has 1 aliphatic rings. The lowest BCUT2D eigenvalue weighted by molar-refractivity contribution is 0.0745. The second kappa shape index (κ2) is 8.02. The fourth-order valence-corrected chi connectivity index (χ4v) is 4.85. The summed E-state index contributed by atoms with van der Waals surface area (Å²) in [5, 5.41) is 1.01. The molecular weight excluding hydrogens is 473 g/mol. The number of fused-ring (bicyclic) bond motifs is 1. The molecule has 5 nitrogen and oxygen atoms in total. The average molecular weight is 493 g/mol. The summed E-state index contributed by atoms with van der Waals surface area (Å²) in [6.45, 7) is 5.67. The number of thiazole rings is 1. The number of benzene rings is 2. The molecule has 3 aromatic rings. The van der Waals surface area contributed by atoms with Crippen LogP contribution >= 0.6 is 33.9 Å². The van der Waals surface area contributed by atoms with Gasteiger partial charge in [-0.2, -0.15) is 0 Å². The lowest BCUT2D eigenvalue weighted by Gasteiger charge is -2.34. The molecule has 27 heavy (non-hydrogen) atoms. The van der Waals surface area contributed by atoms with Gasteiger partial charge in [-0.25, -0.2) is 4.98 Å². The van der Waals surface area contributed by atoms with Gasteiger partial charge in [-0.1, -0.05) is 23.5 Å². The molecule has 0 aliphatic carbocycles. The Kier molecular flexibility index (Phi) is 5.49. The van der Waals surface area contributed by atoms with E-state index in [1.54, 1.807) is 11.3 Å². The van der Waals surface area contributed by atoms with Gasteiger partial charge in [0.15, 0.2) is 5.13 Å². The lowest BCUT2D eigenvalue weighted by atomic mass is 10.2. The highest BCUT2D eigenvalue weighted by atomic mass is 127. The number of rotatable bonds is 4. The minimum absolute atomic E-state index is 0.116. The van der Waals surface area contributed by atoms with Gasteiger partial charge < -0.3 is 14.5 Å². The molecule has 1 aromatic heterocycles. The quantitative estimate of drug-likeness (QED) is 0.510. The van der Waals surface area contributed by atoms with Crippen molar-refractivity contribution < 1.29 is 9.53 Å². The van der Waals surface area contributed by atoms with E-state index in [-0.39, 0.29) is 5.91 Å². The van der Waals surface area contributed by atoms with Gasteiger partial charge in [0.1, 0.15) is 5.75 Å². The van der Waals surface area contributed by atoms with Gasteiger partial charge in [0.2, 0.25) is 0 Å². The maximum Gasteiger partial charge on any atom is 0.255 e. The Labute approximate surface area is 176 Å². The van der Waals surface area contributed by atoms with Crippen LogP contribution in [0.2, 0.25) is 0 Å². The number of anilines is 1. The van der Waals surface area contributed by atoms with E-state index in [2.05, 4.69) is 33.6 Å². The molecule has 2 aromatic carbocycles. The van der Waals surface area contributed by atoms with Crippen molar-refractivity contribution in [2.24, 2.45) is 0 Å². The zero-order valence-corrected chi connectivity index (χ0v) is 18.0. The third-order valence-corrected chi connectivity index (χ3v) is 6.62. The number of nitrogens with zero attached hydrogens (tertiary/aromatic N) is 3. The first-order valence-corrected chi connectivity index (χ1v) is 10.9. The predicted octanol–water partition coefficient (Wildman–Crippen LogP) is 4.26. The Morgan fingerprint density at radius 1 is 1.19 bits per heavy atom. The monoisotopic (exact) mass is 493 g/mol. The van der Waals surface area contributed by atoms with Gasteiger partial charge >= 0.3 is 0 Å². The van der Waals surface area contributed by atoms with Gasteiger partial charge in [-0.05, 0) is 59.8 Å². The van der Waals surface area contributed by atoms with E-state index in [1.807, 2.05) is 48.2 Å². The maximum atomic E-state index is 12.8. The number of amides is 1. The van der Waals surface area contributed by atoms with Crippen molar-refractivity contribution in [1.29, 1.82) is 0 Å². The Bertz CT molecular complexity index is 967. The van der Waals surface area contributed by atoms with Crippen LogP contribution in [0.15, 0.2) is 42.5 Å². The highest BCUT2D eigenvalue weighted by molar-refractivity contribution is 14.1. The second-order valence-corrected chi connectivity index (χ2v) is 8.49. The van der Waals surface area contributed by atoms with Gasteiger partial charge in [0.05, 0.1) is 22.4 Å². The van der Waals surface area contributed by atoms with Crippen molar-refractivity contribution in [3.05, 3.63) is 51.6 Å². The van der Waals surface area contributed by atoms with Crippen molar-refractivity contribution in [3.63, 3.8) is 0 Å². The summed E-state index contributed by atoms with van der Waals surface area (Å²) in [5.41, 5.74) is 1.78. The number of carbonyl (C=O) groups excluding carboxylic acids is 1. The predicted molar refractivity (Wildman–Crippen MR) is 118 cm³/mol. The molecule has 7 heteroatoms. The summed E-state index contributed by atoms with van der Waals surface area (Å²) in [6.07, 6.45) is 0. The van der Waals surface area contributed by atoms with Crippen LogP contribution in [0.3, 0.4) is 0 Å². The average Bonchev–Trinajstić information content (AvgIpc) is 3.12. The number of ether oxygens (including phenoxy) is 1. The Balaban J connectivity index is 1.45. The van der Waals surface area contributed by atoms with E-state index in [0.717, 1.165) is 43.3 Å². The van der Waals surface area contributed by atoms with Crippen LogP contribution in [-0.2, 0) is 0 Å². The van der Waals surface area contributed by atoms with Crippen LogP contribution in [0.5, 0.6) is 5.75 Å². The number of aromatic nitrogens is 1. The van der Waals surface area contributed by atoms with Crippen LogP contribution in [0.25, 0.3) is 10.2 Å². The summed E-state index contributed by atoms with van der Waals surface area (Å²) in [4.78, 5) is 21.8. The van der Waals surface area contributed by atoms with E-state index in [9.17, 15) is 4.79 Å². The Hall–Kier alpha value is -1.87. The van der Waals surface area contributed by atoms with E-state index in [0.29, 0.717) is 19.7 Å². The van der Waals surface area contributed by atoms with E-state index in [4.69, 9.17) is 9.72 Å². The topological polar surface area (TPSA) is 45.7 Å². The normalized spacial score (nSPS) is 14.6. The summed E-state index contributed by atoms with van der Waals surface area (Å²) < 4.78 is 7.71. The SMILES string of the molecule is CCOc1ccc2nc(N3CCN(C(=O)c4ccccc4I)CC3)sc2c1. The molecular formula is C20H20IN3O2S. The molecule has 0 saturated carbocycles. The van der Waals surface area contributed by atoms with Gasteiger partial charge in [0.25, 0.3) is 5.91 Å². The number of carbonyl (C=O) groups is 1. The third kappa shape index (κ3) is 3.89. The van der Waals surface area contributed by atoms with E-state index >= 15 is 0 Å². The smallest absolute Gasteiger partial charge is 0.255 e. The van der Waals surface area contributed by atoms with Crippen molar-refractivity contribution in [3.8, 4) is 5.75 Å². The molecule has 1 aliphatic heterocycles. The minimum atomic E-state index is 0.116. The van der Waals surface area contributed by atoms with Crippen LogP contribution in [0.1, 0.15) is 17.3 Å². The fourth-order valence-electron chi connectivity index (χ4n) is 3.19. The first-order valence-electron chi connectivity index (χ1n) is 8.98. The zero-order valence-electron chi connectivity index (χ0n) is 15.0. The van der Waals surface area contributed by atoms with Crippen molar-refractivity contribution in [1.82, 2.24) is 9.88 Å². The molecule has 0 N–H and O–H groups in total. The molecule has 1 amide bonds. The minimum Gasteiger partial charge on any atom is -0.494 e. The summed E-state index contributed by atoms with van der Waals surface area (Å²) in [6, 6.07) is 13.8. The molecule has 2 heterocycles. The molecule has 140 valence electrons. The van der Waals surface area contributed by atoms with Gasteiger partial charge in [0, 0.05) is 29.7 Å². The molecule has 0 spiro atoms.